The van der Waals surface area contributed by atoms with Crippen LogP contribution in [0.4, 0.5) is 0 Å². The number of benzene rings is 2. The van der Waals surface area contributed by atoms with E-state index in [1.54, 1.807) is 6.20 Å². The normalized spacial score (nSPS) is 11.4. The van der Waals surface area contributed by atoms with Crippen molar-refractivity contribution in [2.24, 2.45) is 0 Å². The van der Waals surface area contributed by atoms with Crippen molar-refractivity contribution < 1.29 is 0 Å². The van der Waals surface area contributed by atoms with E-state index in [9.17, 15) is 0 Å². The highest BCUT2D eigenvalue weighted by molar-refractivity contribution is 6.12. The van der Waals surface area contributed by atoms with Crippen LogP contribution in [0.2, 0.25) is 0 Å². The third-order valence-corrected chi connectivity index (χ3v) is 6.47. The van der Waals surface area contributed by atoms with Crippen molar-refractivity contribution in [3.8, 4) is 33.9 Å². The summed E-state index contributed by atoms with van der Waals surface area (Å²) in [4.78, 5) is 14.4. The van der Waals surface area contributed by atoms with Gasteiger partial charge in [0.15, 0.2) is 0 Å². The first kappa shape index (κ1) is 19.6. The topological polar surface area (TPSA) is 43.1 Å². The van der Waals surface area contributed by atoms with E-state index in [1.807, 2.05) is 42.5 Å². The molecule has 0 aliphatic rings. The summed E-state index contributed by atoms with van der Waals surface area (Å²) in [5, 5.41) is 3.53. The molecule has 0 bridgehead atoms. The van der Waals surface area contributed by atoms with E-state index in [-0.39, 0.29) is 0 Å². The van der Waals surface area contributed by atoms with Gasteiger partial charge in [-0.2, -0.15) is 0 Å². The number of hydrogen-bond acceptors (Lipinski definition) is 3. The first-order valence-electron chi connectivity index (χ1n) is 11.6. The standard InChI is InChI=1S/C31H20N4/c1-2-10-25-24(9-1)26-20-23-8-4-6-19-35(23)31(26)34-30(25)22-16-14-21(15-17-22)27-12-7-13-29(33-27)28-11-3-5-18-32-28/h1-20H. The lowest BCUT2D eigenvalue weighted by molar-refractivity contribution is 1.20. The molecule has 0 aliphatic heterocycles. The van der Waals surface area contributed by atoms with E-state index in [1.165, 1.54) is 10.8 Å². The predicted octanol–water partition coefficient (Wildman–Crippen LogP) is 7.43. The molecule has 0 unspecified atom stereocenters. The fraction of sp³-hybridized carbons (Fsp3) is 0. The van der Waals surface area contributed by atoms with E-state index in [0.717, 1.165) is 50.5 Å². The third-order valence-electron chi connectivity index (χ3n) is 6.47. The molecule has 4 heteroatoms. The van der Waals surface area contributed by atoms with Gasteiger partial charge >= 0.3 is 0 Å². The molecular weight excluding hydrogens is 428 g/mol. The van der Waals surface area contributed by atoms with Crippen molar-refractivity contribution in [2.45, 2.75) is 0 Å². The fourth-order valence-electron chi connectivity index (χ4n) is 4.78. The molecule has 0 aliphatic carbocycles. The van der Waals surface area contributed by atoms with Gasteiger partial charge in [0.25, 0.3) is 0 Å². The van der Waals surface area contributed by atoms with Crippen LogP contribution in [-0.2, 0) is 0 Å². The summed E-state index contributed by atoms with van der Waals surface area (Å²) in [5.74, 6) is 0. The molecule has 0 amide bonds. The van der Waals surface area contributed by atoms with Crippen LogP contribution in [0.15, 0.2) is 122 Å². The third kappa shape index (κ3) is 3.27. The second-order valence-electron chi connectivity index (χ2n) is 8.58. The fourth-order valence-corrected chi connectivity index (χ4v) is 4.78. The number of fused-ring (bicyclic) bond motifs is 5. The molecule has 0 atom stereocenters. The number of hydrogen-bond donors (Lipinski definition) is 0. The monoisotopic (exact) mass is 448 g/mol. The highest BCUT2D eigenvalue weighted by atomic mass is 15.0. The molecule has 5 heterocycles. The Kier molecular flexibility index (Phi) is 4.42. The Morgan fingerprint density at radius 2 is 1.26 bits per heavy atom. The second kappa shape index (κ2) is 7.89. The lowest BCUT2D eigenvalue weighted by atomic mass is 10.0. The van der Waals surface area contributed by atoms with E-state index < -0.39 is 0 Å². The van der Waals surface area contributed by atoms with Gasteiger partial charge in [0.1, 0.15) is 5.65 Å². The average Bonchev–Trinajstić information content (AvgIpc) is 3.32. The van der Waals surface area contributed by atoms with Crippen molar-refractivity contribution in [2.75, 3.05) is 0 Å². The highest BCUT2D eigenvalue weighted by Crippen LogP contribution is 2.34. The smallest absolute Gasteiger partial charge is 0.145 e. The summed E-state index contributed by atoms with van der Waals surface area (Å²) in [6.45, 7) is 0. The maximum atomic E-state index is 5.16. The second-order valence-corrected chi connectivity index (χ2v) is 8.58. The molecule has 164 valence electrons. The Bertz CT molecular complexity index is 1830. The summed E-state index contributed by atoms with van der Waals surface area (Å²) in [6.07, 6.45) is 3.87. The number of nitrogens with zero attached hydrogens (tertiary/aromatic N) is 4. The van der Waals surface area contributed by atoms with Crippen molar-refractivity contribution >= 4 is 27.3 Å². The SMILES string of the molecule is c1ccc(-c2cccc(-c3ccc(-c4nc5c(cc6ccccn65)c5ccccc45)cc3)n2)nc1. The minimum atomic E-state index is 0.866. The summed E-state index contributed by atoms with van der Waals surface area (Å²) < 4.78 is 2.16. The number of pyridine rings is 4. The zero-order valence-electron chi connectivity index (χ0n) is 18.8. The number of rotatable bonds is 3. The largest absolute Gasteiger partial charge is 0.301 e. The molecule has 5 aromatic heterocycles. The summed E-state index contributed by atoms with van der Waals surface area (Å²) in [6, 6.07) is 37.4. The molecule has 0 fully saturated rings. The first-order chi connectivity index (χ1) is 17.3. The average molecular weight is 449 g/mol. The lowest BCUT2D eigenvalue weighted by Crippen LogP contribution is -1.92. The molecule has 0 N–H and O–H groups in total. The molecule has 35 heavy (non-hydrogen) atoms. The summed E-state index contributed by atoms with van der Waals surface area (Å²) in [7, 11) is 0. The molecule has 0 saturated carbocycles. The summed E-state index contributed by atoms with van der Waals surface area (Å²) >= 11 is 0. The summed E-state index contributed by atoms with van der Waals surface area (Å²) in [5.41, 5.74) is 7.90. The van der Waals surface area contributed by atoms with Crippen LogP contribution in [0.5, 0.6) is 0 Å². The van der Waals surface area contributed by atoms with E-state index in [0.29, 0.717) is 0 Å². The van der Waals surface area contributed by atoms with Gasteiger partial charge < -0.3 is 4.40 Å². The molecule has 0 saturated heterocycles. The first-order valence-corrected chi connectivity index (χ1v) is 11.6. The Balaban J connectivity index is 1.36. The molecule has 0 radical (unpaired) electrons. The Morgan fingerprint density at radius 1 is 0.514 bits per heavy atom. The van der Waals surface area contributed by atoms with E-state index in [4.69, 9.17) is 9.97 Å². The van der Waals surface area contributed by atoms with Crippen LogP contribution in [0.25, 0.3) is 61.2 Å². The van der Waals surface area contributed by atoms with Gasteiger partial charge in [-0.3, -0.25) is 4.98 Å². The van der Waals surface area contributed by atoms with Crippen LogP contribution >= 0.6 is 0 Å². The van der Waals surface area contributed by atoms with Crippen LogP contribution in [0, 0.1) is 0 Å². The van der Waals surface area contributed by atoms with Crippen molar-refractivity contribution in [1.29, 1.82) is 0 Å². The Hall–Kier alpha value is -4.83. The molecule has 4 nitrogen and oxygen atoms in total. The van der Waals surface area contributed by atoms with E-state index in [2.05, 4.69) is 82.3 Å². The quantitative estimate of drug-likeness (QED) is 0.282. The van der Waals surface area contributed by atoms with Gasteiger partial charge in [-0.25, -0.2) is 9.97 Å². The van der Waals surface area contributed by atoms with Crippen LogP contribution < -0.4 is 0 Å². The Labute approximate surface area is 202 Å². The van der Waals surface area contributed by atoms with Gasteiger partial charge in [0.2, 0.25) is 0 Å². The molecule has 0 spiro atoms. The zero-order valence-corrected chi connectivity index (χ0v) is 18.8. The van der Waals surface area contributed by atoms with Gasteiger partial charge in [-0.05, 0) is 47.9 Å². The zero-order chi connectivity index (χ0) is 23.2. The van der Waals surface area contributed by atoms with Crippen LogP contribution in [0.3, 0.4) is 0 Å². The van der Waals surface area contributed by atoms with Crippen LogP contribution in [0.1, 0.15) is 0 Å². The van der Waals surface area contributed by atoms with Gasteiger partial charge in [-0.1, -0.05) is 66.7 Å². The number of aromatic nitrogens is 4. The minimum absolute atomic E-state index is 0.866. The van der Waals surface area contributed by atoms with Crippen molar-refractivity contribution in [3.63, 3.8) is 0 Å². The molecular formula is C31H20N4. The highest BCUT2D eigenvalue weighted by Gasteiger charge is 2.14. The molecule has 7 aromatic rings. The molecule has 2 aromatic carbocycles. The van der Waals surface area contributed by atoms with Gasteiger partial charge in [0, 0.05) is 39.8 Å². The maximum absolute atomic E-state index is 5.16. The van der Waals surface area contributed by atoms with Gasteiger partial charge in [-0.15, -0.1) is 0 Å². The van der Waals surface area contributed by atoms with Gasteiger partial charge in [0.05, 0.1) is 22.8 Å². The maximum Gasteiger partial charge on any atom is 0.145 e. The minimum Gasteiger partial charge on any atom is -0.301 e. The van der Waals surface area contributed by atoms with Crippen molar-refractivity contribution in [1.82, 2.24) is 19.4 Å². The van der Waals surface area contributed by atoms with Crippen LogP contribution in [-0.4, -0.2) is 19.4 Å². The predicted molar refractivity (Wildman–Crippen MR) is 142 cm³/mol. The lowest BCUT2D eigenvalue weighted by Gasteiger charge is -2.10. The van der Waals surface area contributed by atoms with Crippen molar-refractivity contribution in [3.05, 3.63) is 122 Å². The van der Waals surface area contributed by atoms with E-state index >= 15 is 0 Å². The molecule has 7 rings (SSSR count). The Morgan fingerprint density at radius 3 is 2.11 bits per heavy atom.